The van der Waals surface area contributed by atoms with Crippen LogP contribution in [0.4, 0.5) is 28.4 Å². The Morgan fingerprint density at radius 3 is 2.09 bits per heavy atom. The number of imide groups is 2. The van der Waals surface area contributed by atoms with Crippen LogP contribution in [0.25, 0.3) is 0 Å². The molecule has 1 N–H and O–H groups in total. The Labute approximate surface area is 314 Å². The summed E-state index contributed by atoms with van der Waals surface area (Å²) in [5.41, 5.74) is 3.96. The molecule has 10 heteroatoms. The van der Waals surface area contributed by atoms with E-state index in [0.29, 0.717) is 46.7 Å². The second-order valence-corrected chi connectivity index (χ2v) is 15.0. The highest BCUT2D eigenvalue weighted by Crippen LogP contribution is 2.64. The van der Waals surface area contributed by atoms with Gasteiger partial charge >= 0.3 is 0 Å². The molecule has 4 aliphatic rings. The van der Waals surface area contributed by atoms with Crippen molar-refractivity contribution < 1.29 is 24.3 Å². The average Bonchev–Trinajstić information content (AvgIpc) is 3.55. The lowest BCUT2D eigenvalue weighted by atomic mass is 9.51. The van der Waals surface area contributed by atoms with E-state index in [9.17, 15) is 24.3 Å². The number of allylic oxidation sites excluding steroid dienone is 3. The number of hydrogen-bond acceptors (Lipinski definition) is 8. The van der Waals surface area contributed by atoms with Crippen LogP contribution in [0.1, 0.15) is 36.8 Å². The molecule has 2 aliphatic heterocycles. The van der Waals surface area contributed by atoms with Gasteiger partial charge in [0.25, 0.3) is 0 Å². The Hall–Kier alpha value is -6.16. The zero-order valence-corrected chi connectivity index (χ0v) is 30.4. The molecule has 6 unspecified atom stereocenters. The van der Waals surface area contributed by atoms with Gasteiger partial charge in [-0.15, -0.1) is 6.58 Å². The van der Waals surface area contributed by atoms with Crippen molar-refractivity contribution in [3.8, 4) is 5.75 Å². The van der Waals surface area contributed by atoms with E-state index >= 15 is 0 Å². The van der Waals surface area contributed by atoms with Gasteiger partial charge in [-0.25, -0.2) is 4.90 Å². The second-order valence-electron chi connectivity index (χ2n) is 15.0. The molecular weight excluding hydrogens is 679 g/mol. The van der Waals surface area contributed by atoms with Gasteiger partial charge < -0.3 is 10.0 Å². The smallest absolute Gasteiger partial charge is 0.241 e. The molecule has 2 aliphatic carbocycles. The summed E-state index contributed by atoms with van der Waals surface area (Å²) in [7, 11) is 3.93. The van der Waals surface area contributed by atoms with Gasteiger partial charge in [0.2, 0.25) is 23.6 Å². The second kappa shape index (κ2) is 13.4. The summed E-state index contributed by atoms with van der Waals surface area (Å²) in [5.74, 6) is -4.64. The standard InChI is InChI=1S/C44H41N5O5/c1-5-10-26-11-9-14-34(39(26)50)38-32-23-24-33-37(35(32)25-36-41(52)49(43(54)44(36,38)2)30-12-7-6-8-13-30)42(53)48(40(33)51)31-21-17-28(18-22-31)46-45-27-15-19-29(20-16-27)47(3)4/h5-9,11-23,33,35-38,50H,1,10,24-25H2,2-4H3. The van der Waals surface area contributed by atoms with Crippen LogP contribution < -0.4 is 14.7 Å². The van der Waals surface area contributed by atoms with Crippen molar-refractivity contribution in [2.45, 2.75) is 32.1 Å². The van der Waals surface area contributed by atoms with E-state index < -0.39 is 35.0 Å². The van der Waals surface area contributed by atoms with Crippen molar-refractivity contribution in [1.82, 2.24) is 0 Å². The molecule has 0 radical (unpaired) electrons. The lowest BCUT2D eigenvalue weighted by Gasteiger charge is -2.49. The number of amides is 4. The van der Waals surface area contributed by atoms with Gasteiger partial charge in [-0.1, -0.05) is 54.1 Å². The molecule has 2 saturated heterocycles. The highest BCUT2D eigenvalue weighted by molar-refractivity contribution is 6.25. The predicted molar refractivity (Wildman–Crippen MR) is 207 cm³/mol. The quantitative estimate of drug-likeness (QED) is 0.112. The molecular formula is C44H41N5O5. The van der Waals surface area contributed by atoms with Crippen molar-refractivity contribution in [3.63, 3.8) is 0 Å². The molecule has 10 nitrogen and oxygen atoms in total. The SMILES string of the molecule is C=CCc1cccc(C2C3=CCC4C(=O)N(c5ccc(N=Nc6ccc(N(C)C)cc6)cc5)C(=O)C4C3CC3C(=O)N(c4ccccc4)C(=O)C32C)c1O. The number of para-hydroxylation sites is 2. The minimum Gasteiger partial charge on any atom is -0.507 e. The number of azo groups is 1. The molecule has 0 bridgehead atoms. The lowest BCUT2D eigenvalue weighted by Crippen LogP contribution is -2.49. The van der Waals surface area contributed by atoms with Crippen molar-refractivity contribution in [1.29, 1.82) is 0 Å². The molecule has 54 heavy (non-hydrogen) atoms. The molecule has 3 fully saturated rings. The van der Waals surface area contributed by atoms with Crippen LogP contribution in [0, 0.1) is 29.1 Å². The number of aromatic hydroxyl groups is 1. The van der Waals surface area contributed by atoms with Crippen LogP contribution in [0.15, 0.2) is 132 Å². The summed E-state index contributed by atoms with van der Waals surface area (Å²) < 4.78 is 0. The number of phenolic OH excluding ortho intramolecular Hbond substituents is 1. The van der Waals surface area contributed by atoms with E-state index in [1.807, 2.05) is 74.5 Å². The van der Waals surface area contributed by atoms with Crippen molar-refractivity contribution in [2.75, 3.05) is 28.8 Å². The molecule has 0 spiro atoms. The van der Waals surface area contributed by atoms with Crippen LogP contribution in [0.5, 0.6) is 5.75 Å². The number of rotatable bonds is 8. The first-order valence-electron chi connectivity index (χ1n) is 18.3. The third kappa shape index (κ3) is 5.38. The van der Waals surface area contributed by atoms with E-state index in [4.69, 9.17) is 0 Å². The maximum Gasteiger partial charge on any atom is 0.241 e. The minimum absolute atomic E-state index is 0.0442. The first-order valence-corrected chi connectivity index (χ1v) is 18.3. The molecule has 4 aromatic rings. The Morgan fingerprint density at radius 2 is 1.44 bits per heavy atom. The number of benzene rings is 4. The number of anilines is 3. The Balaban J connectivity index is 1.14. The van der Waals surface area contributed by atoms with Crippen LogP contribution in [-0.2, 0) is 25.6 Å². The summed E-state index contributed by atoms with van der Waals surface area (Å²) in [4.78, 5) is 62.3. The van der Waals surface area contributed by atoms with E-state index in [2.05, 4.69) is 16.8 Å². The number of fused-ring (bicyclic) bond motifs is 4. The van der Waals surface area contributed by atoms with E-state index in [0.717, 1.165) is 11.3 Å². The van der Waals surface area contributed by atoms with Gasteiger partial charge in [-0.3, -0.25) is 24.1 Å². The summed E-state index contributed by atoms with van der Waals surface area (Å²) in [6.07, 6.45) is 4.63. The summed E-state index contributed by atoms with van der Waals surface area (Å²) >= 11 is 0. The molecule has 1 saturated carbocycles. The Bertz CT molecular complexity index is 2250. The first-order chi connectivity index (χ1) is 26.0. The van der Waals surface area contributed by atoms with E-state index in [-0.39, 0.29) is 35.8 Å². The van der Waals surface area contributed by atoms with Crippen LogP contribution in [0.2, 0.25) is 0 Å². The zero-order chi connectivity index (χ0) is 37.9. The summed E-state index contributed by atoms with van der Waals surface area (Å²) in [5, 5.41) is 20.4. The number of carbonyl (C=O) groups excluding carboxylic acids is 4. The highest BCUT2D eigenvalue weighted by Gasteiger charge is 2.68. The molecule has 8 rings (SSSR count). The normalized spacial score (nSPS) is 26.1. The van der Waals surface area contributed by atoms with Gasteiger partial charge in [0.1, 0.15) is 5.75 Å². The summed E-state index contributed by atoms with van der Waals surface area (Å²) in [6.45, 7) is 5.66. The highest BCUT2D eigenvalue weighted by atomic mass is 16.3. The predicted octanol–water partition coefficient (Wildman–Crippen LogP) is 8.04. The fraction of sp³-hybridized carbons (Fsp3) is 0.273. The maximum atomic E-state index is 14.7. The molecule has 4 amide bonds. The van der Waals surface area contributed by atoms with Crippen LogP contribution in [0.3, 0.4) is 0 Å². The molecule has 0 aromatic heterocycles. The average molecular weight is 720 g/mol. The van der Waals surface area contributed by atoms with Gasteiger partial charge in [-0.2, -0.15) is 10.2 Å². The monoisotopic (exact) mass is 719 g/mol. The molecule has 2 heterocycles. The van der Waals surface area contributed by atoms with Crippen LogP contribution >= 0.6 is 0 Å². The van der Waals surface area contributed by atoms with Gasteiger partial charge in [0.15, 0.2) is 0 Å². The Morgan fingerprint density at radius 1 is 0.796 bits per heavy atom. The van der Waals surface area contributed by atoms with Crippen LogP contribution in [-0.4, -0.2) is 42.8 Å². The van der Waals surface area contributed by atoms with Crippen molar-refractivity contribution in [3.05, 3.63) is 132 Å². The number of hydrogen-bond donors (Lipinski definition) is 1. The Kier molecular flexibility index (Phi) is 8.63. The number of phenols is 1. The first kappa shape index (κ1) is 34.9. The zero-order valence-electron chi connectivity index (χ0n) is 30.4. The fourth-order valence-corrected chi connectivity index (χ4v) is 9.20. The largest absolute Gasteiger partial charge is 0.507 e. The summed E-state index contributed by atoms with van der Waals surface area (Å²) in [6, 6.07) is 28.9. The van der Waals surface area contributed by atoms with Crippen molar-refractivity contribution >= 4 is 52.1 Å². The maximum absolute atomic E-state index is 14.7. The molecule has 272 valence electrons. The third-order valence-corrected chi connectivity index (χ3v) is 11.9. The van der Waals surface area contributed by atoms with E-state index in [1.165, 1.54) is 9.80 Å². The molecule has 4 aromatic carbocycles. The number of carbonyl (C=O) groups is 4. The van der Waals surface area contributed by atoms with Gasteiger partial charge in [0.05, 0.1) is 45.9 Å². The van der Waals surface area contributed by atoms with Crippen molar-refractivity contribution in [2.24, 2.45) is 39.3 Å². The van der Waals surface area contributed by atoms with Gasteiger partial charge in [0, 0.05) is 31.3 Å². The third-order valence-electron chi connectivity index (χ3n) is 11.9. The number of nitrogens with zero attached hydrogens (tertiary/aromatic N) is 5. The molecule has 6 atom stereocenters. The fourth-order valence-electron chi connectivity index (χ4n) is 9.20. The topological polar surface area (TPSA) is 123 Å². The van der Waals surface area contributed by atoms with E-state index in [1.54, 1.807) is 60.7 Å². The lowest BCUT2D eigenvalue weighted by molar-refractivity contribution is -0.131. The minimum atomic E-state index is -1.25. The van der Waals surface area contributed by atoms with Gasteiger partial charge in [-0.05, 0) is 98.3 Å².